The number of rotatable bonds is 5. The Balaban J connectivity index is 1.64. The molecular formula is C17H12N3O2S-. The molecule has 0 atom stereocenters. The van der Waals surface area contributed by atoms with E-state index >= 15 is 0 Å². The van der Waals surface area contributed by atoms with E-state index < -0.39 is 5.97 Å². The molecule has 0 amide bonds. The summed E-state index contributed by atoms with van der Waals surface area (Å²) in [7, 11) is 0. The fourth-order valence-electron chi connectivity index (χ4n) is 1.93. The molecule has 0 fully saturated rings. The van der Waals surface area contributed by atoms with Gasteiger partial charge >= 0.3 is 0 Å². The molecule has 2 aromatic carbocycles. The van der Waals surface area contributed by atoms with Crippen LogP contribution >= 0.6 is 11.3 Å². The maximum atomic E-state index is 10.7. The van der Waals surface area contributed by atoms with E-state index in [4.69, 9.17) is 0 Å². The van der Waals surface area contributed by atoms with Crippen LogP contribution in [0.1, 0.15) is 15.9 Å². The Kier molecular flexibility index (Phi) is 4.44. The lowest BCUT2D eigenvalue weighted by atomic mass is 10.1. The molecule has 0 radical (unpaired) electrons. The number of hydrogen-bond acceptors (Lipinski definition) is 6. The van der Waals surface area contributed by atoms with E-state index in [9.17, 15) is 9.90 Å². The van der Waals surface area contributed by atoms with Gasteiger partial charge in [-0.2, -0.15) is 5.10 Å². The van der Waals surface area contributed by atoms with Crippen LogP contribution in [0.5, 0.6) is 0 Å². The number of carbonyl (C=O) groups excluding carboxylic acids is 1. The van der Waals surface area contributed by atoms with Crippen LogP contribution in [0, 0.1) is 0 Å². The summed E-state index contributed by atoms with van der Waals surface area (Å²) in [4.78, 5) is 15.1. The van der Waals surface area contributed by atoms with Crippen LogP contribution in [0.25, 0.3) is 11.3 Å². The van der Waals surface area contributed by atoms with Crippen LogP contribution in [0.3, 0.4) is 0 Å². The topological polar surface area (TPSA) is 77.4 Å². The third kappa shape index (κ3) is 3.81. The number of anilines is 1. The Labute approximate surface area is 137 Å². The summed E-state index contributed by atoms with van der Waals surface area (Å²) in [5.74, 6) is -1.19. The van der Waals surface area contributed by atoms with Gasteiger partial charge in [-0.15, -0.1) is 11.3 Å². The van der Waals surface area contributed by atoms with Crippen molar-refractivity contribution in [2.24, 2.45) is 5.10 Å². The molecule has 0 bridgehead atoms. The van der Waals surface area contributed by atoms with Crippen molar-refractivity contribution in [3.05, 3.63) is 71.1 Å². The third-order valence-corrected chi connectivity index (χ3v) is 3.84. The highest BCUT2D eigenvalue weighted by atomic mass is 32.1. The highest BCUT2D eigenvalue weighted by Crippen LogP contribution is 2.24. The van der Waals surface area contributed by atoms with Crippen LogP contribution in [0.2, 0.25) is 0 Å². The number of thiazole rings is 1. The third-order valence-electron chi connectivity index (χ3n) is 3.09. The summed E-state index contributed by atoms with van der Waals surface area (Å²) in [6, 6.07) is 16.2. The number of nitrogens with zero attached hydrogens (tertiary/aromatic N) is 2. The number of aromatic nitrogens is 1. The zero-order chi connectivity index (χ0) is 16.1. The monoisotopic (exact) mass is 322 g/mol. The summed E-state index contributed by atoms with van der Waals surface area (Å²) in [5, 5.41) is 17.4. The van der Waals surface area contributed by atoms with Gasteiger partial charge in [-0.3, -0.25) is 5.43 Å². The van der Waals surface area contributed by atoms with Crippen molar-refractivity contribution < 1.29 is 9.90 Å². The minimum absolute atomic E-state index is 0.141. The van der Waals surface area contributed by atoms with E-state index in [-0.39, 0.29) is 5.56 Å². The Morgan fingerprint density at radius 3 is 2.57 bits per heavy atom. The van der Waals surface area contributed by atoms with Gasteiger partial charge < -0.3 is 9.90 Å². The fourth-order valence-corrected chi connectivity index (χ4v) is 2.60. The van der Waals surface area contributed by atoms with Crippen molar-refractivity contribution in [3.63, 3.8) is 0 Å². The normalized spacial score (nSPS) is 10.8. The summed E-state index contributed by atoms with van der Waals surface area (Å²) in [5.41, 5.74) is 5.74. The summed E-state index contributed by atoms with van der Waals surface area (Å²) in [6.45, 7) is 0. The molecule has 3 aromatic rings. The molecule has 3 rings (SSSR count). The van der Waals surface area contributed by atoms with Crippen molar-refractivity contribution in [2.75, 3.05) is 5.43 Å². The first kappa shape index (κ1) is 14.9. The van der Waals surface area contributed by atoms with E-state index in [0.717, 1.165) is 16.8 Å². The van der Waals surface area contributed by atoms with Gasteiger partial charge in [0.2, 0.25) is 5.13 Å². The Morgan fingerprint density at radius 1 is 1.13 bits per heavy atom. The van der Waals surface area contributed by atoms with Gasteiger partial charge in [0.05, 0.1) is 17.9 Å². The number of carboxylic acids is 1. The summed E-state index contributed by atoms with van der Waals surface area (Å²) < 4.78 is 0. The smallest absolute Gasteiger partial charge is 0.203 e. The zero-order valence-electron chi connectivity index (χ0n) is 12.0. The quantitative estimate of drug-likeness (QED) is 0.578. The first-order valence-corrected chi connectivity index (χ1v) is 7.72. The number of aromatic carboxylic acids is 1. The average Bonchev–Trinajstić information content (AvgIpc) is 3.05. The molecule has 0 unspecified atom stereocenters. The number of hydrogen-bond donors (Lipinski definition) is 1. The van der Waals surface area contributed by atoms with Crippen LogP contribution in [-0.2, 0) is 0 Å². The molecule has 23 heavy (non-hydrogen) atoms. The van der Waals surface area contributed by atoms with Crippen LogP contribution in [0.15, 0.2) is 65.1 Å². The van der Waals surface area contributed by atoms with E-state index in [1.807, 2.05) is 35.7 Å². The number of benzene rings is 2. The summed E-state index contributed by atoms with van der Waals surface area (Å²) >= 11 is 1.46. The van der Waals surface area contributed by atoms with Gasteiger partial charge in [0.15, 0.2) is 0 Å². The van der Waals surface area contributed by atoms with Crippen molar-refractivity contribution in [3.8, 4) is 11.3 Å². The number of nitrogens with one attached hydrogen (secondary N) is 1. The van der Waals surface area contributed by atoms with Crippen LogP contribution in [0.4, 0.5) is 5.13 Å². The van der Waals surface area contributed by atoms with Gasteiger partial charge in [-0.05, 0) is 11.1 Å². The zero-order valence-corrected chi connectivity index (χ0v) is 12.8. The lowest BCUT2D eigenvalue weighted by Gasteiger charge is -2.01. The van der Waals surface area contributed by atoms with Gasteiger partial charge in [-0.1, -0.05) is 54.6 Å². The van der Waals surface area contributed by atoms with E-state index in [1.54, 1.807) is 18.3 Å². The number of hydrazone groups is 1. The Morgan fingerprint density at radius 2 is 1.87 bits per heavy atom. The summed E-state index contributed by atoms with van der Waals surface area (Å²) in [6.07, 6.45) is 1.60. The second-order valence-corrected chi connectivity index (χ2v) is 5.54. The van der Waals surface area contributed by atoms with Gasteiger partial charge in [0.1, 0.15) is 0 Å². The molecule has 1 aromatic heterocycles. The molecule has 1 heterocycles. The van der Waals surface area contributed by atoms with Crippen molar-refractivity contribution in [2.45, 2.75) is 0 Å². The highest BCUT2D eigenvalue weighted by molar-refractivity contribution is 7.14. The fraction of sp³-hybridized carbons (Fsp3) is 0. The molecule has 1 N–H and O–H groups in total. The number of carbonyl (C=O) groups is 1. The second kappa shape index (κ2) is 6.85. The van der Waals surface area contributed by atoms with Crippen molar-refractivity contribution in [1.82, 2.24) is 4.98 Å². The number of carboxylic acid groups (broad SMARTS) is 1. The Hall–Kier alpha value is -2.99. The second-order valence-electron chi connectivity index (χ2n) is 4.68. The molecule has 6 heteroatoms. The molecule has 114 valence electrons. The SMILES string of the molecule is O=C([O-])c1ccc(/C=N\Nc2nc(-c3ccccc3)cs2)cc1. The van der Waals surface area contributed by atoms with Gasteiger partial charge in [0, 0.05) is 10.9 Å². The minimum atomic E-state index is -1.19. The van der Waals surface area contributed by atoms with Crippen LogP contribution in [-0.4, -0.2) is 17.2 Å². The Bertz CT molecular complexity index is 827. The van der Waals surface area contributed by atoms with Gasteiger partial charge in [0.25, 0.3) is 0 Å². The average molecular weight is 322 g/mol. The largest absolute Gasteiger partial charge is 0.545 e. The molecule has 5 nitrogen and oxygen atoms in total. The van der Waals surface area contributed by atoms with Gasteiger partial charge in [-0.25, -0.2) is 4.98 Å². The molecule has 0 saturated carbocycles. The van der Waals surface area contributed by atoms with E-state index in [0.29, 0.717) is 5.13 Å². The first-order valence-electron chi connectivity index (χ1n) is 6.84. The highest BCUT2D eigenvalue weighted by Gasteiger charge is 2.02. The lowest BCUT2D eigenvalue weighted by molar-refractivity contribution is -0.255. The molecule has 0 aliphatic heterocycles. The van der Waals surface area contributed by atoms with Crippen molar-refractivity contribution in [1.29, 1.82) is 0 Å². The molecule has 0 aliphatic carbocycles. The van der Waals surface area contributed by atoms with E-state index in [2.05, 4.69) is 15.5 Å². The predicted molar refractivity (Wildman–Crippen MR) is 89.5 cm³/mol. The molecular weight excluding hydrogens is 310 g/mol. The molecule has 0 saturated heterocycles. The van der Waals surface area contributed by atoms with Crippen LogP contribution < -0.4 is 10.5 Å². The maximum absolute atomic E-state index is 10.7. The molecule has 0 spiro atoms. The predicted octanol–water partition coefficient (Wildman–Crippen LogP) is 2.62. The standard InChI is InChI=1S/C17H13N3O2S/c21-16(22)14-8-6-12(7-9-14)10-18-20-17-19-15(11-23-17)13-4-2-1-3-5-13/h1-11H,(H,19,20)(H,21,22)/p-1/b18-10-. The maximum Gasteiger partial charge on any atom is 0.203 e. The van der Waals surface area contributed by atoms with E-state index in [1.165, 1.54) is 23.5 Å². The first-order chi connectivity index (χ1) is 11.2. The van der Waals surface area contributed by atoms with Crippen molar-refractivity contribution >= 4 is 28.7 Å². The molecule has 0 aliphatic rings. The minimum Gasteiger partial charge on any atom is -0.545 e. The lowest BCUT2D eigenvalue weighted by Crippen LogP contribution is -2.21.